The Bertz CT molecular complexity index is 266. The zero-order valence-electron chi connectivity index (χ0n) is 10.1. The summed E-state index contributed by atoms with van der Waals surface area (Å²) in [6.45, 7) is 2.18. The summed E-state index contributed by atoms with van der Waals surface area (Å²) in [6.07, 6.45) is 6.10. The van der Waals surface area contributed by atoms with E-state index in [2.05, 4.69) is 0 Å². The van der Waals surface area contributed by atoms with Gasteiger partial charge in [-0.25, -0.2) is 0 Å². The lowest BCUT2D eigenvalue weighted by Crippen LogP contribution is -2.37. The number of carbonyl (C=O) groups is 2. The van der Waals surface area contributed by atoms with Gasteiger partial charge in [0.2, 0.25) is 5.91 Å². The van der Waals surface area contributed by atoms with E-state index in [9.17, 15) is 9.59 Å². The molecule has 0 N–H and O–H groups in total. The SMILES string of the molecule is CN(C)C/C=C/C(=O)N1CCC(C=O)CC1. The summed E-state index contributed by atoms with van der Waals surface area (Å²) < 4.78 is 0. The quantitative estimate of drug-likeness (QED) is 0.517. The molecule has 4 heteroatoms. The Kier molecular flexibility index (Phi) is 5.19. The zero-order valence-corrected chi connectivity index (χ0v) is 10.1. The lowest BCUT2D eigenvalue weighted by atomic mass is 9.98. The summed E-state index contributed by atoms with van der Waals surface area (Å²) in [4.78, 5) is 26.1. The van der Waals surface area contributed by atoms with Crippen molar-refractivity contribution >= 4 is 12.2 Å². The lowest BCUT2D eigenvalue weighted by molar-refractivity contribution is -0.128. The number of rotatable bonds is 4. The third-order valence-corrected chi connectivity index (χ3v) is 2.77. The minimum Gasteiger partial charge on any atom is -0.339 e. The van der Waals surface area contributed by atoms with Crippen LogP contribution >= 0.6 is 0 Å². The van der Waals surface area contributed by atoms with Crippen LogP contribution < -0.4 is 0 Å². The second kappa shape index (κ2) is 6.43. The molecule has 1 amide bonds. The van der Waals surface area contributed by atoms with E-state index < -0.39 is 0 Å². The normalized spacial score (nSPS) is 18.3. The maximum atomic E-state index is 11.7. The van der Waals surface area contributed by atoms with Gasteiger partial charge in [0.15, 0.2) is 0 Å². The van der Waals surface area contributed by atoms with Crippen LogP contribution in [0.3, 0.4) is 0 Å². The van der Waals surface area contributed by atoms with Crippen LogP contribution in [0.1, 0.15) is 12.8 Å². The third kappa shape index (κ3) is 4.14. The van der Waals surface area contributed by atoms with Gasteiger partial charge < -0.3 is 14.6 Å². The Labute approximate surface area is 96.9 Å². The monoisotopic (exact) mass is 224 g/mol. The summed E-state index contributed by atoms with van der Waals surface area (Å²) in [5.41, 5.74) is 0. The van der Waals surface area contributed by atoms with Crippen LogP contribution in [0.4, 0.5) is 0 Å². The van der Waals surface area contributed by atoms with Crippen molar-refractivity contribution in [2.24, 2.45) is 5.92 Å². The number of likely N-dealkylation sites (tertiary alicyclic amines) is 1. The Morgan fingerprint density at radius 1 is 1.38 bits per heavy atom. The van der Waals surface area contributed by atoms with Gasteiger partial charge in [-0.1, -0.05) is 6.08 Å². The van der Waals surface area contributed by atoms with E-state index >= 15 is 0 Å². The number of nitrogens with zero attached hydrogens (tertiary/aromatic N) is 2. The maximum absolute atomic E-state index is 11.7. The van der Waals surface area contributed by atoms with E-state index in [0.717, 1.165) is 25.7 Å². The fourth-order valence-electron chi connectivity index (χ4n) is 1.73. The van der Waals surface area contributed by atoms with Crippen molar-refractivity contribution in [3.05, 3.63) is 12.2 Å². The maximum Gasteiger partial charge on any atom is 0.246 e. The highest BCUT2D eigenvalue weighted by Crippen LogP contribution is 2.14. The highest BCUT2D eigenvalue weighted by Gasteiger charge is 2.20. The van der Waals surface area contributed by atoms with Gasteiger partial charge in [-0.2, -0.15) is 0 Å². The molecule has 1 aliphatic heterocycles. The molecule has 0 aliphatic carbocycles. The van der Waals surface area contributed by atoms with E-state index in [1.807, 2.05) is 30.0 Å². The van der Waals surface area contributed by atoms with Crippen LogP contribution in [-0.4, -0.2) is 55.7 Å². The van der Waals surface area contributed by atoms with Crippen LogP contribution in [0.25, 0.3) is 0 Å². The fraction of sp³-hybridized carbons (Fsp3) is 0.667. The fourth-order valence-corrected chi connectivity index (χ4v) is 1.73. The Hall–Kier alpha value is -1.16. The van der Waals surface area contributed by atoms with Gasteiger partial charge in [0.05, 0.1) is 0 Å². The molecule has 0 unspecified atom stereocenters. The molecule has 0 spiro atoms. The molecule has 0 aromatic rings. The van der Waals surface area contributed by atoms with Crippen molar-refractivity contribution in [2.45, 2.75) is 12.8 Å². The van der Waals surface area contributed by atoms with Gasteiger partial charge in [-0.15, -0.1) is 0 Å². The molecule has 1 saturated heterocycles. The van der Waals surface area contributed by atoms with Gasteiger partial charge >= 0.3 is 0 Å². The van der Waals surface area contributed by atoms with E-state index in [0.29, 0.717) is 13.1 Å². The second-order valence-electron chi connectivity index (χ2n) is 4.46. The minimum absolute atomic E-state index is 0.0613. The van der Waals surface area contributed by atoms with Gasteiger partial charge in [0.1, 0.15) is 6.29 Å². The summed E-state index contributed by atoms with van der Waals surface area (Å²) in [7, 11) is 3.93. The topological polar surface area (TPSA) is 40.6 Å². The molecule has 1 rings (SSSR count). The Morgan fingerprint density at radius 3 is 2.50 bits per heavy atom. The van der Waals surface area contributed by atoms with Crippen LogP contribution in [0.15, 0.2) is 12.2 Å². The molecule has 1 heterocycles. The molecular formula is C12H20N2O2. The van der Waals surface area contributed by atoms with Crippen molar-refractivity contribution in [3.63, 3.8) is 0 Å². The first-order valence-electron chi connectivity index (χ1n) is 5.69. The number of amides is 1. The van der Waals surface area contributed by atoms with Crippen molar-refractivity contribution in [2.75, 3.05) is 33.7 Å². The molecular weight excluding hydrogens is 204 g/mol. The van der Waals surface area contributed by atoms with Crippen LogP contribution in [-0.2, 0) is 9.59 Å². The molecule has 0 radical (unpaired) electrons. The first-order chi connectivity index (χ1) is 7.63. The highest BCUT2D eigenvalue weighted by atomic mass is 16.2. The van der Waals surface area contributed by atoms with Crippen molar-refractivity contribution in [1.29, 1.82) is 0 Å². The first-order valence-corrected chi connectivity index (χ1v) is 5.69. The molecule has 16 heavy (non-hydrogen) atoms. The predicted octanol–water partition coefficient (Wildman–Crippen LogP) is 0.542. The summed E-state index contributed by atoms with van der Waals surface area (Å²) >= 11 is 0. The molecule has 0 bridgehead atoms. The number of hydrogen-bond acceptors (Lipinski definition) is 3. The molecule has 4 nitrogen and oxygen atoms in total. The molecule has 0 atom stereocenters. The van der Waals surface area contributed by atoms with E-state index in [1.165, 1.54) is 0 Å². The molecule has 0 aromatic carbocycles. The number of piperidine rings is 1. The largest absolute Gasteiger partial charge is 0.339 e. The summed E-state index contributed by atoms with van der Waals surface area (Å²) in [5, 5.41) is 0. The van der Waals surface area contributed by atoms with Crippen LogP contribution in [0.2, 0.25) is 0 Å². The van der Waals surface area contributed by atoms with Gasteiger partial charge in [-0.05, 0) is 26.9 Å². The van der Waals surface area contributed by atoms with E-state index in [1.54, 1.807) is 6.08 Å². The van der Waals surface area contributed by atoms with Gasteiger partial charge in [0, 0.05) is 31.6 Å². The van der Waals surface area contributed by atoms with Crippen molar-refractivity contribution in [3.8, 4) is 0 Å². The number of aldehydes is 1. The number of hydrogen-bond donors (Lipinski definition) is 0. The van der Waals surface area contributed by atoms with Crippen molar-refractivity contribution < 1.29 is 9.59 Å². The molecule has 0 aromatic heterocycles. The van der Waals surface area contributed by atoms with Gasteiger partial charge in [0.25, 0.3) is 0 Å². The Morgan fingerprint density at radius 2 is 2.00 bits per heavy atom. The Balaban J connectivity index is 2.33. The molecule has 90 valence electrons. The molecule has 1 fully saturated rings. The zero-order chi connectivity index (χ0) is 12.0. The highest BCUT2D eigenvalue weighted by molar-refractivity contribution is 5.87. The molecule has 0 saturated carbocycles. The second-order valence-corrected chi connectivity index (χ2v) is 4.46. The lowest BCUT2D eigenvalue weighted by Gasteiger charge is -2.28. The summed E-state index contributed by atoms with van der Waals surface area (Å²) in [6, 6.07) is 0. The average Bonchev–Trinajstić information content (AvgIpc) is 2.28. The standard InChI is InChI=1S/C12H20N2O2/c1-13(2)7-3-4-12(16)14-8-5-11(10-15)6-9-14/h3-4,10-11H,5-9H2,1-2H3/b4-3+. The van der Waals surface area contributed by atoms with Crippen molar-refractivity contribution in [1.82, 2.24) is 9.80 Å². The minimum atomic E-state index is 0.0613. The third-order valence-electron chi connectivity index (χ3n) is 2.77. The number of carbonyl (C=O) groups excluding carboxylic acids is 2. The van der Waals surface area contributed by atoms with E-state index in [4.69, 9.17) is 0 Å². The van der Waals surface area contributed by atoms with Gasteiger partial charge in [-0.3, -0.25) is 4.79 Å². The first kappa shape index (κ1) is 12.9. The average molecular weight is 224 g/mol. The summed E-state index contributed by atoms with van der Waals surface area (Å²) in [5.74, 6) is 0.209. The van der Waals surface area contributed by atoms with Crippen LogP contribution in [0.5, 0.6) is 0 Å². The number of likely N-dealkylation sites (N-methyl/N-ethyl adjacent to an activating group) is 1. The predicted molar refractivity (Wildman–Crippen MR) is 63.1 cm³/mol. The molecule has 1 aliphatic rings. The van der Waals surface area contributed by atoms with Crippen LogP contribution in [0, 0.1) is 5.92 Å². The van der Waals surface area contributed by atoms with E-state index in [-0.39, 0.29) is 11.8 Å². The smallest absolute Gasteiger partial charge is 0.246 e.